The number of likely N-dealkylation sites (tertiary alicyclic amines) is 1. The lowest BCUT2D eigenvalue weighted by Crippen LogP contribution is -2.70. The van der Waals surface area contributed by atoms with Crippen LogP contribution in [-0.2, 0) is 0 Å². The zero-order valence-corrected chi connectivity index (χ0v) is 12.5. The van der Waals surface area contributed by atoms with E-state index in [2.05, 4.69) is 11.8 Å². The van der Waals surface area contributed by atoms with Gasteiger partial charge in [-0.3, -0.25) is 4.90 Å². The molecule has 4 aliphatic carbocycles. The van der Waals surface area contributed by atoms with Gasteiger partial charge in [-0.05, 0) is 81.1 Å². The van der Waals surface area contributed by atoms with E-state index in [0.29, 0.717) is 5.54 Å². The van der Waals surface area contributed by atoms with E-state index in [4.69, 9.17) is 5.73 Å². The Kier molecular flexibility index (Phi) is 2.97. The average Bonchev–Trinajstić information content (AvgIpc) is 2.38. The van der Waals surface area contributed by atoms with E-state index in [0.717, 1.165) is 36.1 Å². The minimum absolute atomic E-state index is 0.405. The molecule has 2 N–H and O–H groups in total. The first kappa shape index (κ1) is 12.6. The van der Waals surface area contributed by atoms with Gasteiger partial charge in [0.05, 0.1) is 0 Å². The molecule has 4 bridgehead atoms. The second-order valence-electron chi connectivity index (χ2n) is 8.19. The molecule has 1 heterocycles. The summed E-state index contributed by atoms with van der Waals surface area (Å²) in [6.07, 6.45) is 10.4. The largest absolute Gasteiger partial charge is 0.329 e. The van der Waals surface area contributed by atoms with Gasteiger partial charge >= 0.3 is 0 Å². The molecule has 0 spiro atoms. The van der Waals surface area contributed by atoms with Crippen molar-refractivity contribution in [3.8, 4) is 0 Å². The molecule has 2 nitrogen and oxygen atoms in total. The number of piperidine rings is 1. The van der Waals surface area contributed by atoms with Crippen molar-refractivity contribution in [1.82, 2.24) is 4.90 Å². The van der Waals surface area contributed by atoms with E-state index in [1.54, 1.807) is 6.42 Å². The Hall–Kier alpha value is -0.0800. The van der Waals surface area contributed by atoms with Crippen molar-refractivity contribution in [3.05, 3.63) is 0 Å². The molecule has 19 heavy (non-hydrogen) atoms. The van der Waals surface area contributed by atoms with Crippen molar-refractivity contribution in [1.29, 1.82) is 0 Å². The molecule has 1 atom stereocenters. The van der Waals surface area contributed by atoms with Crippen LogP contribution in [0.25, 0.3) is 0 Å². The lowest BCUT2D eigenvalue weighted by molar-refractivity contribution is -0.140. The lowest BCUT2D eigenvalue weighted by Gasteiger charge is -2.65. The monoisotopic (exact) mass is 262 g/mol. The molecule has 1 saturated heterocycles. The average molecular weight is 262 g/mol. The Morgan fingerprint density at radius 3 is 2.21 bits per heavy atom. The van der Waals surface area contributed by atoms with Crippen molar-refractivity contribution in [2.24, 2.45) is 35.3 Å². The Morgan fingerprint density at radius 2 is 1.68 bits per heavy atom. The maximum Gasteiger partial charge on any atom is 0.0388 e. The van der Waals surface area contributed by atoms with Gasteiger partial charge in [0.1, 0.15) is 0 Å². The zero-order chi connectivity index (χ0) is 13.0. The van der Waals surface area contributed by atoms with E-state index in [1.165, 1.54) is 51.6 Å². The van der Waals surface area contributed by atoms with Crippen molar-refractivity contribution in [2.75, 3.05) is 19.6 Å². The first-order valence-corrected chi connectivity index (χ1v) is 8.67. The van der Waals surface area contributed by atoms with E-state index in [9.17, 15) is 0 Å². The van der Waals surface area contributed by atoms with Crippen molar-refractivity contribution < 1.29 is 0 Å². The maximum atomic E-state index is 6.42. The van der Waals surface area contributed by atoms with Gasteiger partial charge in [0.2, 0.25) is 0 Å². The van der Waals surface area contributed by atoms with E-state index < -0.39 is 0 Å². The molecule has 1 unspecified atom stereocenters. The Bertz CT molecular complexity index is 323. The molecule has 0 aromatic carbocycles. The van der Waals surface area contributed by atoms with E-state index >= 15 is 0 Å². The summed E-state index contributed by atoms with van der Waals surface area (Å²) in [7, 11) is 0. The summed E-state index contributed by atoms with van der Waals surface area (Å²) in [5.74, 6) is 4.86. The number of hydrogen-bond donors (Lipinski definition) is 1. The van der Waals surface area contributed by atoms with Crippen molar-refractivity contribution in [2.45, 2.75) is 57.4 Å². The topological polar surface area (TPSA) is 29.3 Å². The summed E-state index contributed by atoms with van der Waals surface area (Å²) < 4.78 is 0. The van der Waals surface area contributed by atoms with Crippen LogP contribution in [0.4, 0.5) is 0 Å². The number of nitrogens with two attached hydrogens (primary N) is 1. The molecule has 0 radical (unpaired) electrons. The van der Waals surface area contributed by atoms with Crippen LogP contribution in [0.2, 0.25) is 0 Å². The van der Waals surface area contributed by atoms with Crippen LogP contribution in [0.5, 0.6) is 0 Å². The molecule has 1 aliphatic heterocycles. The minimum atomic E-state index is 0.405. The first-order valence-electron chi connectivity index (χ1n) is 8.67. The highest BCUT2D eigenvalue weighted by Gasteiger charge is 2.58. The number of hydrogen-bond acceptors (Lipinski definition) is 2. The number of rotatable bonds is 2. The third-order valence-corrected chi connectivity index (χ3v) is 7.12. The fourth-order valence-corrected chi connectivity index (χ4v) is 6.55. The third kappa shape index (κ3) is 1.75. The molecule has 108 valence electrons. The summed E-state index contributed by atoms with van der Waals surface area (Å²) in [4.78, 5) is 2.87. The summed E-state index contributed by atoms with van der Waals surface area (Å²) in [5, 5.41) is 0. The Morgan fingerprint density at radius 1 is 1.05 bits per heavy atom. The van der Waals surface area contributed by atoms with Gasteiger partial charge in [0, 0.05) is 18.6 Å². The molecular formula is C17H30N2. The normalized spacial score (nSPS) is 53.7. The van der Waals surface area contributed by atoms with Gasteiger partial charge in [0.25, 0.3) is 0 Å². The van der Waals surface area contributed by atoms with Crippen LogP contribution in [0.15, 0.2) is 0 Å². The second-order valence-corrected chi connectivity index (χ2v) is 8.19. The van der Waals surface area contributed by atoms with Crippen LogP contribution in [0, 0.1) is 29.6 Å². The highest BCUT2D eigenvalue weighted by molar-refractivity contribution is 5.13. The Labute approximate surface area is 118 Å². The van der Waals surface area contributed by atoms with Crippen molar-refractivity contribution in [3.63, 3.8) is 0 Å². The van der Waals surface area contributed by atoms with Gasteiger partial charge in [-0.2, -0.15) is 0 Å². The van der Waals surface area contributed by atoms with Crippen LogP contribution < -0.4 is 5.73 Å². The summed E-state index contributed by atoms with van der Waals surface area (Å²) in [5.41, 5.74) is 6.83. The zero-order valence-electron chi connectivity index (χ0n) is 12.5. The van der Waals surface area contributed by atoms with Crippen LogP contribution >= 0.6 is 0 Å². The highest BCUT2D eigenvalue weighted by atomic mass is 15.2. The third-order valence-electron chi connectivity index (χ3n) is 7.12. The molecule has 4 saturated carbocycles. The molecule has 5 rings (SSSR count). The number of nitrogens with zero attached hydrogens (tertiary/aromatic N) is 1. The van der Waals surface area contributed by atoms with E-state index in [1.807, 2.05) is 0 Å². The maximum absolute atomic E-state index is 6.42. The van der Waals surface area contributed by atoms with Crippen LogP contribution in [-0.4, -0.2) is 30.1 Å². The smallest absolute Gasteiger partial charge is 0.0388 e. The van der Waals surface area contributed by atoms with Gasteiger partial charge in [-0.1, -0.05) is 6.92 Å². The van der Waals surface area contributed by atoms with Crippen LogP contribution in [0.1, 0.15) is 51.9 Å². The fourth-order valence-electron chi connectivity index (χ4n) is 6.55. The standard InChI is InChI=1S/C17H30N2/c1-12-3-2-4-19(10-12)17(11-18)15-6-13-5-14(8-15)9-16(17)7-13/h12-16H,2-11,18H2,1H3. The summed E-state index contributed by atoms with van der Waals surface area (Å²) in [6.45, 7) is 6.00. The van der Waals surface area contributed by atoms with Gasteiger partial charge < -0.3 is 5.73 Å². The Balaban J connectivity index is 1.65. The quantitative estimate of drug-likeness (QED) is 0.829. The van der Waals surface area contributed by atoms with Crippen molar-refractivity contribution >= 4 is 0 Å². The highest BCUT2D eigenvalue weighted by Crippen LogP contribution is 2.60. The molecule has 0 aromatic rings. The van der Waals surface area contributed by atoms with E-state index in [-0.39, 0.29) is 0 Å². The lowest BCUT2D eigenvalue weighted by atomic mass is 9.48. The fraction of sp³-hybridized carbons (Fsp3) is 1.00. The van der Waals surface area contributed by atoms with Gasteiger partial charge in [-0.25, -0.2) is 0 Å². The molecule has 0 aromatic heterocycles. The predicted octanol–water partition coefficient (Wildman–Crippen LogP) is 2.87. The molecular weight excluding hydrogens is 232 g/mol. The second kappa shape index (κ2) is 4.46. The van der Waals surface area contributed by atoms with Gasteiger partial charge in [-0.15, -0.1) is 0 Å². The summed E-state index contributed by atoms with van der Waals surface area (Å²) >= 11 is 0. The SMILES string of the molecule is CC1CCCN(C2(CN)C3CC4CC(C3)CC2C4)C1. The molecule has 0 amide bonds. The van der Waals surface area contributed by atoms with Crippen LogP contribution in [0.3, 0.4) is 0 Å². The molecule has 5 aliphatic rings. The first-order chi connectivity index (χ1) is 9.22. The minimum Gasteiger partial charge on any atom is -0.329 e. The predicted molar refractivity (Wildman–Crippen MR) is 78.8 cm³/mol. The van der Waals surface area contributed by atoms with Gasteiger partial charge in [0.15, 0.2) is 0 Å². The molecule has 5 fully saturated rings. The summed E-state index contributed by atoms with van der Waals surface area (Å²) in [6, 6.07) is 0. The molecule has 2 heteroatoms.